The Morgan fingerprint density at radius 1 is 1.17 bits per heavy atom. The molecule has 0 aliphatic rings. The number of esters is 1. The first-order chi connectivity index (χ1) is 5.57. The molecule has 0 saturated carbocycles. The van der Waals surface area contributed by atoms with E-state index in [1.807, 2.05) is 13.8 Å². The number of carbonyl (C=O) groups excluding carboxylic acids is 1. The maximum atomic E-state index is 10.5. The third kappa shape index (κ3) is 4.91. The molecule has 0 heterocycles. The highest BCUT2D eigenvalue weighted by molar-refractivity contribution is 5.66. The van der Waals surface area contributed by atoms with Crippen LogP contribution in [0.1, 0.15) is 20.8 Å². The molecular formula is C9H16O3. The summed E-state index contributed by atoms with van der Waals surface area (Å²) in [6, 6.07) is 0. The number of ether oxygens (including phenoxy) is 2. The summed E-state index contributed by atoms with van der Waals surface area (Å²) < 4.78 is 9.79. The number of hydrogen-bond donors (Lipinski definition) is 0. The quantitative estimate of drug-likeness (QED) is 0.476. The Kier molecular flexibility index (Phi) is 5.37. The normalized spacial score (nSPS) is 9.33. The Hall–Kier alpha value is -0.830. The van der Waals surface area contributed by atoms with Gasteiger partial charge in [-0.05, 0) is 19.4 Å². The molecule has 3 nitrogen and oxygen atoms in total. The second kappa shape index (κ2) is 5.77. The molecule has 0 bridgehead atoms. The number of allylic oxidation sites excluding steroid dienone is 1. The van der Waals surface area contributed by atoms with Gasteiger partial charge in [-0.25, -0.2) is 0 Å². The molecule has 0 atom stereocenters. The lowest BCUT2D eigenvalue weighted by atomic mass is 10.2. The zero-order valence-electron chi connectivity index (χ0n) is 8.14. The molecule has 70 valence electrons. The fraction of sp³-hybridized carbons (Fsp3) is 0.667. The van der Waals surface area contributed by atoms with E-state index in [0.717, 1.165) is 11.1 Å². The van der Waals surface area contributed by atoms with Crippen LogP contribution in [0.25, 0.3) is 0 Å². The zero-order chi connectivity index (χ0) is 9.56. The average molecular weight is 172 g/mol. The molecule has 0 aliphatic heterocycles. The predicted molar refractivity (Wildman–Crippen MR) is 46.9 cm³/mol. The van der Waals surface area contributed by atoms with E-state index in [1.165, 1.54) is 6.92 Å². The Morgan fingerprint density at radius 3 is 2.08 bits per heavy atom. The number of rotatable bonds is 4. The Balaban J connectivity index is 3.98. The van der Waals surface area contributed by atoms with Crippen molar-refractivity contribution in [2.75, 3.05) is 20.3 Å². The maximum absolute atomic E-state index is 10.5. The van der Waals surface area contributed by atoms with Crippen LogP contribution in [0, 0.1) is 0 Å². The average Bonchev–Trinajstić information content (AvgIpc) is 1.96. The van der Waals surface area contributed by atoms with Gasteiger partial charge in [-0.1, -0.05) is 5.57 Å². The van der Waals surface area contributed by atoms with Gasteiger partial charge in [0.1, 0.15) is 6.61 Å². The van der Waals surface area contributed by atoms with E-state index in [0.29, 0.717) is 13.2 Å². The van der Waals surface area contributed by atoms with Crippen molar-refractivity contribution in [1.82, 2.24) is 0 Å². The van der Waals surface area contributed by atoms with Gasteiger partial charge in [0, 0.05) is 14.0 Å². The summed E-state index contributed by atoms with van der Waals surface area (Å²) in [6.07, 6.45) is 0. The van der Waals surface area contributed by atoms with Crippen LogP contribution in [-0.4, -0.2) is 26.3 Å². The van der Waals surface area contributed by atoms with Crippen molar-refractivity contribution in [3.8, 4) is 0 Å². The molecule has 0 amide bonds. The largest absolute Gasteiger partial charge is 0.461 e. The van der Waals surface area contributed by atoms with Crippen molar-refractivity contribution in [2.24, 2.45) is 0 Å². The van der Waals surface area contributed by atoms with Gasteiger partial charge >= 0.3 is 5.97 Å². The zero-order valence-corrected chi connectivity index (χ0v) is 8.14. The van der Waals surface area contributed by atoms with Crippen molar-refractivity contribution in [3.63, 3.8) is 0 Å². The highest BCUT2D eigenvalue weighted by atomic mass is 16.5. The summed E-state index contributed by atoms with van der Waals surface area (Å²) in [4.78, 5) is 10.5. The van der Waals surface area contributed by atoms with E-state index >= 15 is 0 Å². The predicted octanol–water partition coefficient (Wildman–Crippen LogP) is 1.53. The molecule has 0 saturated heterocycles. The van der Waals surface area contributed by atoms with Crippen LogP contribution < -0.4 is 0 Å². The molecule has 0 aromatic carbocycles. The lowest BCUT2D eigenvalue weighted by Crippen LogP contribution is -2.08. The highest BCUT2D eigenvalue weighted by Gasteiger charge is 2.01. The van der Waals surface area contributed by atoms with E-state index in [4.69, 9.17) is 9.47 Å². The lowest BCUT2D eigenvalue weighted by molar-refractivity contribution is -0.140. The molecule has 0 aromatic heterocycles. The molecule has 0 unspecified atom stereocenters. The van der Waals surface area contributed by atoms with Gasteiger partial charge in [-0.2, -0.15) is 0 Å². The molecule has 12 heavy (non-hydrogen) atoms. The van der Waals surface area contributed by atoms with Gasteiger partial charge in [0.15, 0.2) is 0 Å². The number of methoxy groups -OCH3 is 1. The minimum atomic E-state index is -0.259. The highest BCUT2D eigenvalue weighted by Crippen LogP contribution is 2.04. The molecule has 0 N–H and O–H groups in total. The second-order valence-electron chi connectivity index (χ2n) is 2.82. The monoisotopic (exact) mass is 172 g/mol. The molecule has 0 rings (SSSR count). The minimum Gasteiger partial charge on any atom is -0.461 e. The lowest BCUT2D eigenvalue weighted by Gasteiger charge is -2.08. The van der Waals surface area contributed by atoms with E-state index in [-0.39, 0.29) is 5.97 Å². The van der Waals surface area contributed by atoms with Crippen LogP contribution in [0.4, 0.5) is 0 Å². The van der Waals surface area contributed by atoms with E-state index in [9.17, 15) is 4.79 Å². The van der Waals surface area contributed by atoms with Gasteiger partial charge < -0.3 is 9.47 Å². The third-order valence-corrected chi connectivity index (χ3v) is 1.48. The SMILES string of the molecule is COCC(COC(C)=O)=C(C)C. The third-order valence-electron chi connectivity index (χ3n) is 1.48. The topological polar surface area (TPSA) is 35.5 Å². The number of carbonyl (C=O) groups is 1. The molecule has 3 heteroatoms. The van der Waals surface area contributed by atoms with Gasteiger partial charge in [0.2, 0.25) is 0 Å². The summed E-state index contributed by atoms with van der Waals surface area (Å²) in [5.74, 6) is -0.259. The van der Waals surface area contributed by atoms with Crippen molar-refractivity contribution in [2.45, 2.75) is 20.8 Å². The first kappa shape index (κ1) is 11.2. The van der Waals surface area contributed by atoms with Crippen LogP contribution >= 0.6 is 0 Å². The summed E-state index contributed by atoms with van der Waals surface area (Å²) in [6.45, 7) is 6.20. The smallest absolute Gasteiger partial charge is 0.302 e. The van der Waals surface area contributed by atoms with Gasteiger partial charge in [0.25, 0.3) is 0 Å². The summed E-state index contributed by atoms with van der Waals surface area (Å²) in [7, 11) is 1.62. The minimum absolute atomic E-state index is 0.259. The summed E-state index contributed by atoms with van der Waals surface area (Å²) in [5, 5.41) is 0. The summed E-state index contributed by atoms with van der Waals surface area (Å²) in [5.41, 5.74) is 2.16. The van der Waals surface area contributed by atoms with Crippen molar-refractivity contribution in [1.29, 1.82) is 0 Å². The van der Waals surface area contributed by atoms with E-state index < -0.39 is 0 Å². The molecule has 0 radical (unpaired) electrons. The van der Waals surface area contributed by atoms with Gasteiger partial charge in [-0.3, -0.25) is 4.79 Å². The van der Waals surface area contributed by atoms with Crippen LogP contribution in [0.5, 0.6) is 0 Å². The van der Waals surface area contributed by atoms with Crippen molar-refractivity contribution >= 4 is 5.97 Å². The fourth-order valence-electron chi connectivity index (χ4n) is 0.693. The Bertz CT molecular complexity index is 178. The molecule has 0 spiro atoms. The summed E-state index contributed by atoms with van der Waals surface area (Å²) >= 11 is 0. The van der Waals surface area contributed by atoms with Gasteiger partial charge in [-0.15, -0.1) is 0 Å². The standard InChI is InChI=1S/C9H16O3/c1-7(2)9(5-11-4)6-12-8(3)10/h5-6H2,1-4H3. The Morgan fingerprint density at radius 2 is 1.75 bits per heavy atom. The van der Waals surface area contributed by atoms with E-state index in [2.05, 4.69) is 0 Å². The number of hydrogen-bond acceptors (Lipinski definition) is 3. The van der Waals surface area contributed by atoms with Crippen LogP contribution in [0.15, 0.2) is 11.1 Å². The van der Waals surface area contributed by atoms with Gasteiger partial charge in [0.05, 0.1) is 6.61 Å². The van der Waals surface area contributed by atoms with Crippen LogP contribution in [0.3, 0.4) is 0 Å². The molecule has 0 aliphatic carbocycles. The Labute approximate surface area is 73.4 Å². The molecule has 0 fully saturated rings. The maximum Gasteiger partial charge on any atom is 0.302 e. The van der Waals surface area contributed by atoms with Crippen molar-refractivity contribution < 1.29 is 14.3 Å². The van der Waals surface area contributed by atoms with E-state index in [1.54, 1.807) is 7.11 Å². The fourth-order valence-corrected chi connectivity index (χ4v) is 0.693. The van der Waals surface area contributed by atoms with Crippen LogP contribution in [0.2, 0.25) is 0 Å². The first-order valence-corrected chi connectivity index (χ1v) is 3.85. The first-order valence-electron chi connectivity index (χ1n) is 3.85. The molecule has 0 aromatic rings. The van der Waals surface area contributed by atoms with Crippen LogP contribution in [-0.2, 0) is 14.3 Å². The van der Waals surface area contributed by atoms with Crippen molar-refractivity contribution in [3.05, 3.63) is 11.1 Å². The molecular weight excluding hydrogens is 156 g/mol. The second-order valence-corrected chi connectivity index (χ2v) is 2.82.